The molecule has 0 fully saturated rings. The zero-order valence-corrected chi connectivity index (χ0v) is 16.7. The molecule has 1 aliphatic rings. The molecular weight excluding hydrogens is 340 g/mol. The minimum atomic E-state index is -2.31. The molecule has 0 saturated carbocycles. The number of benzene rings is 4. The van der Waals surface area contributed by atoms with Gasteiger partial charge in [-0.1, -0.05) is 108 Å². The van der Waals surface area contributed by atoms with Gasteiger partial charge in [-0.05, 0) is 45.7 Å². The van der Waals surface area contributed by atoms with E-state index in [1.807, 2.05) is 0 Å². The highest BCUT2D eigenvalue weighted by Gasteiger charge is 2.49. The Morgan fingerprint density at radius 1 is 0.407 bits per heavy atom. The van der Waals surface area contributed by atoms with Gasteiger partial charge in [-0.15, -0.1) is 0 Å². The Morgan fingerprint density at radius 2 is 0.741 bits per heavy atom. The van der Waals surface area contributed by atoms with E-state index < -0.39 is 8.07 Å². The Labute approximate surface area is 162 Å². The monoisotopic (exact) mass is 362 g/mol. The largest absolute Gasteiger partial charge is 0.181 e. The highest BCUT2D eigenvalue weighted by Crippen LogP contribution is 2.29. The van der Waals surface area contributed by atoms with E-state index in [2.05, 4.69) is 111 Å². The van der Waals surface area contributed by atoms with Crippen LogP contribution >= 0.6 is 0 Å². The van der Waals surface area contributed by atoms with Gasteiger partial charge in [0.2, 0.25) is 0 Å². The Hall–Kier alpha value is -2.90. The molecule has 0 aliphatic carbocycles. The molecule has 4 aromatic rings. The van der Waals surface area contributed by atoms with Gasteiger partial charge in [-0.3, -0.25) is 0 Å². The van der Waals surface area contributed by atoms with Crippen molar-refractivity contribution in [1.29, 1.82) is 0 Å². The summed E-state index contributed by atoms with van der Waals surface area (Å²) in [5.41, 5.74) is 5.59. The van der Waals surface area contributed by atoms with Gasteiger partial charge in [-0.2, -0.15) is 0 Å². The van der Waals surface area contributed by atoms with Gasteiger partial charge in [0.25, 0.3) is 0 Å². The van der Waals surface area contributed by atoms with Crippen molar-refractivity contribution in [2.45, 2.75) is 13.8 Å². The third-order valence-electron chi connectivity index (χ3n) is 6.05. The fraction of sp³-hybridized carbons (Fsp3) is 0.0769. The molecule has 0 atom stereocenters. The second-order valence-corrected chi connectivity index (χ2v) is 11.1. The Morgan fingerprint density at radius 3 is 1.15 bits per heavy atom. The fourth-order valence-electron chi connectivity index (χ4n) is 4.95. The summed E-state index contributed by atoms with van der Waals surface area (Å²) in [4.78, 5) is 0. The van der Waals surface area contributed by atoms with Crippen molar-refractivity contribution < 1.29 is 0 Å². The van der Waals surface area contributed by atoms with Crippen molar-refractivity contribution in [3.63, 3.8) is 0 Å². The van der Waals surface area contributed by atoms with Gasteiger partial charge in [0.15, 0.2) is 8.07 Å². The van der Waals surface area contributed by atoms with Crippen molar-refractivity contribution in [2.75, 3.05) is 0 Å². The van der Waals surface area contributed by atoms with Crippen LogP contribution in [0, 0.1) is 13.8 Å². The van der Waals surface area contributed by atoms with Gasteiger partial charge < -0.3 is 0 Å². The molecule has 0 aromatic heterocycles. The average Bonchev–Trinajstić information content (AvgIpc) is 3.00. The van der Waals surface area contributed by atoms with E-state index in [-0.39, 0.29) is 0 Å². The lowest BCUT2D eigenvalue weighted by atomic mass is 10.1. The van der Waals surface area contributed by atoms with E-state index in [1.54, 1.807) is 0 Å². The smallest absolute Gasteiger partial charge is 0.0623 e. The third-order valence-corrected chi connectivity index (χ3v) is 11.3. The van der Waals surface area contributed by atoms with Crippen LogP contribution in [0.5, 0.6) is 0 Å². The van der Waals surface area contributed by atoms with Crippen LogP contribution in [0.2, 0.25) is 0 Å². The maximum Gasteiger partial charge on any atom is 0.181 e. The molecule has 0 radical (unpaired) electrons. The second-order valence-electron chi connectivity index (χ2n) is 7.47. The van der Waals surface area contributed by atoms with Crippen LogP contribution < -0.4 is 20.7 Å². The van der Waals surface area contributed by atoms with Crippen molar-refractivity contribution in [3.05, 3.63) is 108 Å². The van der Waals surface area contributed by atoms with Crippen LogP contribution in [0.4, 0.5) is 0 Å². The lowest BCUT2D eigenvalue weighted by Crippen LogP contribution is -2.73. The van der Waals surface area contributed by atoms with Crippen LogP contribution in [-0.4, -0.2) is 8.07 Å². The molecule has 5 rings (SSSR count). The van der Waals surface area contributed by atoms with E-state index in [4.69, 9.17) is 0 Å². The number of rotatable bonds is 2. The Bertz CT molecular complexity index is 1060. The highest BCUT2D eigenvalue weighted by molar-refractivity contribution is 7.22. The van der Waals surface area contributed by atoms with Crippen LogP contribution in [0.25, 0.3) is 11.1 Å². The molecule has 0 spiro atoms. The minimum absolute atomic E-state index is 1.39. The van der Waals surface area contributed by atoms with E-state index in [9.17, 15) is 0 Å². The molecule has 4 aromatic carbocycles. The van der Waals surface area contributed by atoms with E-state index >= 15 is 0 Å². The standard InChI is InChI=1S/C26H22Si/c1-19-11-3-7-15-23(19)27(24-16-8-4-12-20(24)2)25-17-9-5-13-21(25)22-14-6-10-18-26(22)27/h3-18H,1-2H3. The summed E-state index contributed by atoms with van der Waals surface area (Å²) < 4.78 is 0. The van der Waals surface area contributed by atoms with Crippen LogP contribution in [0.1, 0.15) is 11.1 Å². The van der Waals surface area contributed by atoms with Gasteiger partial charge in [-0.25, -0.2) is 0 Å². The maximum atomic E-state index is 2.38. The molecule has 27 heavy (non-hydrogen) atoms. The maximum absolute atomic E-state index is 2.38. The summed E-state index contributed by atoms with van der Waals surface area (Å²) in [5, 5.41) is 6.07. The summed E-state index contributed by atoms with van der Waals surface area (Å²) in [7, 11) is -2.31. The first-order chi connectivity index (χ1) is 13.2. The lowest BCUT2D eigenvalue weighted by molar-refractivity contribution is 1.48. The number of hydrogen-bond acceptors (Lipinski definition) is 0. The minimum Gasteiger partial charge on any atom is -0.0623 e. The molecule has 1 aliphatic heterocycles. The molecule has 0 unspecified atom stereocenters. The average molecular weight is 363 g/mol. The zero-order chi connectivity index (χ0) is 18.4. The molecule has 1 heteroatoms. The fourth-order valence-corrected chi connectivity index (χ4v) is 10.7. The third kappa shape index (κ3) is 2.15. The first-order valence-corrected chi connectivity index (χ1v) is 11.6. The number of aryl methyl sites for hydroxylation is 2. The Balaban J connectivity index is 2.03. The van der Waals surface area contributed by atoms with Crippen molar-refractivity contribution >= 4 is 28.8 Å². The lowest BCUT2D eigenvalue weighted by Gasteiger charge is -2.33. The predicted molar refractivity (Wildman–Crippen MR) is 119 cm³/mol. The summed E-state index contributed by atoms with van der Waals surface area (Å²) in [6, 6.07) is 36.1. The van der Waals surface area contributed by atoms with Gasteiger partial charge in [0.1, 0.15) is 0 Å². The second kappa shape index (κ2) is 6.07. The molecule has 0 bridgehead atoms. The number of hydrogen-bond donors (Lipinski definition) is 0. The van der Waals surface area contributed by atoms with Crippen molar-refractivity contribution in [3.8, 4) is 11.1 Å². The number of fused-ring (bicyclic) bond motifs is 3. The van der Waals surface area contributed by atoms with Crippen molar-refractivity contribution in [1.82, 2.24) is 0 Å². The molecule has 0 saturated heterocycles. The van der Waals surface area contributed by atoms with Crippen LogP contribution in [-0.2, 0) is 0 Å². The van der Waals surface area contributed by atoms with E-state index in [0.717, 1.165) is 0 Å². The molecule has 1 heterocycles. The molecule has 0 nitrogen and oxygen atoms in total. The summed E-state index contributed by atoms with van der Waals surface area (Å²) in [6.07, 6.45) is 0. The predicted octanol–water partition coefficient (Wildman–Crippen LogP) is 3.66. The molecular formula is C26H22Si. The molecule has 0 N–H and O–H groups in total. The normalized spacial score (nSPS) is 13.9. The zero-order valence-electron chi connectivity index (χ0n) is 15.7. The summed E-state index contributed by atoms with van der Waals surface area (Å²) in [5.74, 6) is 0. The van der Waals surface area contributed by atoms with Gasteiger partial charge in [0.05, 0.1) is 0 Å². The van der Waals surface area contributed by atoms with E-state index in [0.29, 0.717) is 0 Å². The first-order valence-electron chi connectivity index (χ1n) is 9.56. The van der Waals surface area contributed by atoms with Gasteiger partial charge >= 0.3 is 0 Å². The molecule has 0 amide bonds. The summed E-state index contributed by atoms with van der Waals surface area (Å²) in [6.45, 7) is 4.54. The quantitative estimate of drug-likeness (QED) is 0.421. The van der Waals surface area contributed by atoms with Gasteiger partial charge in [0, 0.05) is 0 Å². The van der Waals surface area contributed by atoms with Crippen LogP contribution in [0.15, 0.2) is 97.1 Å². The molecule has 130 valence electrons. The first kappa shape index (κ1) is 16.3. The summed E-state index contributed by atoms with van der Waals surface area (Å²) >= 11 is 0. The SMILES string of the molecule is Cc1ccccc1[Si]1(c2ccccc2C)c2ccccc2-c2ccccc21. The topological polar surface area (TPSA) is 0 Å². The Kier molecular flexibility index (Phi) is 3.66. The highest BCUT2D eigenvalue weighted by atomic mass is 28.3. The van der Waals surface area contributed by atoms with Crippen LogP contribution in [0.3, 0.4) is 0 Å². The van der Waals surface area contributed by atoms with Crippen molar-refractivity contribution in [2.24, 2.45) is 0 Å². The van der Waals surface area contributed by atoms with E-state index in [1.165, 1.54) is 43.0 Å².